The number of hydrogen-bond acceptors (Lipinski definition) is 2. The van der Waals surface area contributed by atoms with Crippen molar-refractivity contribution in [2.24, 2.45) is 0 Å². The Morgan fingerprint density at radius 1 is 1.47 bits per heavy atom. The van der Waals surface area contributed by atoms with Crippen LogP contribution in [0.15, 0.2) is 24.3 Å². The summed E-state index contributed by atoms with van der Waals surface area (Å²) >= 11 is 0. The zero-order valence-corrected chi connectivity index (χ0v) is 11.9. The molecule has 0 bridgehead atoms. The van der Waals surface area contributed by atoms with Crippen LogP contribution < -0.4 is 4.74 Å². The third-order valence-electron chi connectivity index (χ3n) is 3.80. The summed E-state index contributed by atoms with van der Waals surface area (Å²) in [4.78, 5) is 14.3. The van der Waals surface area contributed by atoms with E-state index >= 15 is 0 Å². The Balaban J connectivity index is 2.11. The predicted molar refractivity (Wildman–Crippen MR) is 76.2 cm³/mol. The first-order valence-corrected chi connectivity index (χ1v) is 7.19. The van der Waals surface area contributed by atoms with Crippen molar-refractivity contribution in [3.63, 3.8) is 0 Å². The van der Waals surface area contributed by atoms with E-state index in [4.69, 9.17) is 4.74 Å². The van der Waals surface area contributed by atoms with Crippen molar-refractivity contribution in [2.75, 3.05) is 13.7 Å². The largest absolute Gasteiger partial charge is 0.497 e. The van der Waals surface area contributed by atoms with E-state index in [9.17, 15) is 4.79 Å². The van der Waals surface area contributed by atoms with Crippen molar-refractivity contribution in [3.8, 4) is 5.75 Å². The van der Waals surface area contributed by atoms with Crippen LogP contribution in [0.1, 0.15) is 50.6 Å². The van der Waals surface area contributed by atoms with Gasteiger partial charge in [-0.25, -0.2) is 0 Å². The maximum absolute atomic E-state index is 12.2. The molecule has 0 radical (unpaired) electrons. The lowest BCUT2D eigenvalue weighted by atomic mass is 10.0. The number of methoxy groups -OCH3 is 1. The lowest BCUT2D eigenvalue weighted by Gasteiger charge is -2.25. The molecule has 0 N–H and O–H groups in total. The van der Waals surface area contributed by atoms with Crippen molar-refractivity contribution < 1.29 is 9.53 Å². The molecule has 1 unspecified atom stereocenters. The zero-order valence-electron chi connectivity index (χ0n) is 11.9. The van der Waals surface area contributed by atoms with Crippen LogP contribution >= 0.6 is 0 Å². The van der Waals surface area contributed by atoms with E-state index < -0.39 is 0 Å². The van der Waals surface area contributed by atoms with Gasteiger partial charge in [-0.2, -0.15) is 0 Å². The monoisotopic (exact) mass is 261 g/mol. The first-order valence-electron chi connectivity index (χ1n) is 7.19. The van der Waals surface area contributed by atoms with Gasteiger partial charge in [0.15, 0.2) is 0 Å². The molecule has 1 aliphatic heterocycles. The number of hydrogen-bond donors (Lipinski definition) is 0. The first-order chi connectivity index (χ1) is 9.26. The third-order valence-corrected chi connectivity index (χ3v) is 3.80. The Hall–Kier alpha value is -1.51. The number of nitrogens with zero attached hydrogens (tertiary/aromatic N) is 1. The van der Waals surface area contributed by atoms with Gasteiger partial charge in [0, 0.05) is 13.0 Å². The fraction of sp³-hybridized carbons (Fsp3) is 0.562. The molecule has 1 aromatic rings. The quantitative estimate of drug-likeness (QED) is 0.811. The highest BCUT2D eigenvalue weighted by Gasteiger charge is 2.29. The van der Waals surface area contributed by atoms with Gasteiger partial charge >= 0.3 is 0 Å². The van der Waals surface area contributed by atoms with Crippen molar-refractivity contribution in [3.05, 3.63) is 29.8 Å². The molecule has 0 aliphatic carbocycles. The smallest absolute Gasteiger partial charge is 0.223 e. The number of rotatable bonds is 5. The van der Waals surface area contributed by atoms with Gasteiger partial charge in [0.05, 0.1) is 13.2 Å². The number of unbranched alkanes of at least 4 members (excludes halogenated alkanes) is 1. The Kier molecular flexibility index (Phi) is 4.83. The van der Waals surface area contributed by atoms with Crippen molar-refractivity contribution in [2.45, 2.75) is 45.1 Å². The molecule has 2 rings (SSSR count). The van der Waals surface area contributed by atoms with E-state index in [1.54, 1.807) is 7.11 Å². The fourth-order valence-corrected chi connectivity index (χ4v) is 2.73. The van der Waals surface area contributed by atoms with Crippen molar-refractivity contribution in [1.29, 1.82) is 0 Å². The van der Waals surface area contributed by atoms with Crippen LogP contribution in [-0.4, -0.2) is 24.5 Å². The highest BCUT2D eigenvalue weighted by Crippen LogP contribution is 2.33. The summed E-state index contributed by atoms with van der Waals surface area (Å²) in [7, 11) is 1.68. The summed E-state index contributed by atoms with van der Waals surface area (Å²) in [6.45, 7) is 3.02. The molecular weight excluding hydrogens is 238 g/mol. The molecule has 3 nitrogen and oxygen atoms in total. The Bertz CT molecular complexity index is 431. The Morgan fingerprint density at radius 3 is 3.05 bits per heavy atom. The van der Waals surface area contributed by atoms with Crippen LogP contribution in [0.2, 0.25) is 0 Å². The lowest BCUT2D eigenvalue weighted by molar-refractivity contribution is -0.132. The van der Waals surface area contributed by atoms with Gasteiger partial charge < -0.3 is 9.64 Å². The molecule has 1 fully saturated rings. The second-order valence-electron chi connectivity index (χ2n) is 5.13. The second kappa shape index (κ2) is 6.60. The van der Waals surface area contributed by atoms with Gasteiger partial charge in [0.25, 0.3) is 0 Å². The maximum Gasteiger partial charge on any atom is 0.223 e. The number of ether oxygens (including phenoxy) is 1. The maximum atomic E-state index is 12.2. The van der Waals surface area contributed by atoms with Crippen LogP contribution in [0.25, 0.3) is 0 Å². The fourth-order valence-electron chi connectivity index (χ4n) is 2.73. The predicted octanol–water partition coefficient (Wildman–Crippen LogP) is 3.55. The van der Waals surface area contributed by atoms with E-state index in [1.807, 2.05) is 17.0 Å². The van der Waals surface area contributed by atoms with Gasteiger partial charge in [-0.1, -0.05) is 25.5 Å². The SMILES string of the molecule is CCCCC(=O)N1CCCC1c1cccc(OC)c1. The number of benzene rings is 1. The zero-order chi connectivity index (χ0) is 13.7. The average Bonchev–Trinajstić information content (AvgIpc) is 2.94. The molecule has 1 atom stereocenters. The Labute approximate surface area is 115 Å². The normalized spacial score (nSPS) is 18.6. The molecule has 19 heavy (non-hydrogen) atoms. The topological polar surface area (TPSA) is 29.5 Å². The van der Waals surface area contributed by atoms with Crippen LogP contribution in [-0.2, 0) is 4.79 Å². The first kappa shape index (κ1) is 13.9. The van der Waals surface area contributed by atoms with Gasteiger partial charge in [-0.15, -0.1) is 0 Å². The summed E-state index contributed by atoms with van der Waals surface area (Å²) in [5.41, 5.74) is 1.20. The summed E-state index contributed by atoms with van der Waals surface area (Å²) in [5, 5.41) is 0. The number of carbonyl (C=O) groups excluding carboxylic acids is 1. The lowest BCUT2D eigenvalue weighted by Crippen LogP contribution is -2.30. The highest BCUT2D eigenvalue weighted by atomic mass is 16.5. The number of amides is 1. The van der Waals surface area contributed by atoms with Crippen molar-refractivity contribution >= 4 is 5.91 Å². The summed E-state index contributed by atoms with van der Waals surface area (Å²) in [6.07, 6.45) is 4.89. The third kappa shape index (κ3) is 3.28. The second-order valence-corrected chi connectivity index (χ2v) is 5.13. The van der Waals surface area contributed by atoms with Gasteiger partial charge in [-0.3, -0.25) is 4.79 Å². The van der Waals surface area contributed by atoms with E-state index in [0.29, 0.717) is 12.3 Å². The van der Waals surface area contributed by atoms with Crippen LogP contribution in [0.3, 0.4) is 0 Å². The molecule has 1 saturated heterocycles. The van der Waals surface area contributed by atoms with Crippen LogP contribution in [0.4, 0.5) is 0 Å². The minimum Gasteiger partial charge on any atom is -0.497 e. The van der Waals surface area contributed by atoms with E-state index in [-0.39, 0.29) is 6.04 Å². The van der Waals surface area contributed by atoms with Crippen LogP contribution in [0, 0.1) is 0 Å². The molecule has 3 heteroatoms. The average molecular weight is 261 g/mol. The Morgan fingerprint density at radius 2 is 2.32 bits per heavy atom. The minimum absolute atomic E-state index is 0.236. The van der Waals surface area contributed by atoms with E-state index in [2.05, 4.69) is 19.1 Å². The molecule has 1 heterocycles. The molecule has 0 aromatic heterocycles. The molecular formula is C16H23NO2. The van der Waals surface area contributed by atoms with Gasteiger partial charge in [-0.05, 0) is 37.0 Å². The summed E-state index contributed by atoms with van der Waals surface area (Å²) < 4.78 is 5.27. The van der Waals surface area contributed by atoms with Gasteiger partial charge in [0.1, 0.15) is 5.75 Å². The highest BCUT2D eigenvalue weighted by molar-refractivity contribution is 5.77. The summed E-state index contributed by atoms with van der Waals surface area (Å²) in [6, 6.07) is 8.33. The van der Waals surface area contributed by atoms with Gasteiger partial charge in [0.2, 0.25) is 5.91 Å². The molecule has 1 amide bonds. The summed E-state index contributed by atoms with van der Waals surface area (Å²) in [5.74, 6) is 1.16. The molecule has 0 spiro atoms. The van der Waals surface area contributed by atoms with E-state index in [0.717, 1.165) is 38.0 Å². The molecule has 1 aromatic carbocycles. The number of likely N-dealkylation sites (tertiary alicyclic amines) is 1. The molecule has 104 valence electrons. The van der Waals surface area contributed by atoms with E-state index in [1.165, 1.54) is 5.56 Å². The molecule has 0 saturated carbocycles. The molecule has 1 aliphatic rings. The van der Waals surface area contributed by atoms with Crippen molar-refractivity contribution in [1.82, 2.24) is 4.90 Å². The standard InChI is InChI=1S/C16H23NO2/c1-3-4-10-16(18)17-11-6-9-15(17)13-7-5-8-14(12-13)19-2/h5,7-8,12,15H,3-4,6,9-11H2,1-2H3. The van der Waals surface area contributed by atoms with Crippen LogP contribution in [0.5, 0.6) is 5.75 Å². The number of carbonyl (C=O) groups is 1. The minimum atomic E-state index is 0.236.